The number of alkyl halides is 4. The zero-order valence-corrected chi connectivity index (χ0v) is 5.99. The number of hydrogen-bond acceptors (Lipinski definition) is 1. The highest BCUT2D eigenvalue weighted by Gasteiger charge is 2.34. The van der Waals surface area contributed by atoms with E-state index in [2.05, 4.69) is 11.6 Å². The molecule has 0 aliphatic heterocycles. The molecule has 0 N–H and O–H groups in total. The van der Waals surface area contributed by atoms with Gasteiger partial charge >= 0.3 is 0 Å². The first-order valence-electron chi connectivity index (χ1n) is 2.68. The Morgan fingerprint density at radius 3 is 2.09 bits per heavy atom. The van der Waals surface area contributed by atoms with Gasteiger partial charge in [0.2, 0.25) is 6.17 Å². The van der Waals surface area contributed by atoms with Gasteiger partial charge in [0, 0.05) is 0 Å². The van der Waals surface area contributed by atoms with E-state index in [1.807, 2.05) is 0 Å². The molecular weight excluding hydrogens is 187 g/mol. The highest BCUT2D eigenvalue weighted by atomic mass is 35.5. The third-order valence-corrected chi connectivity index (χ3v) is 1.20. The molecule has 0 rings (SSSR count). The van der Waals surface area contributed by atoms with Crippen molar-refractivity contribution in [1.29, 1.82) is 0 Å². The second-order valence-electron chi connectivity index (χ2n) is 1.82. The van der Waals surface area contributed by atoms with Crippen LogP contribution in [-0.4, -0.2) is 30.4 Å². The minimum absolute atomic E-state index is 1.66. The maximum absolute atomic E-state index is 12.1. The molecule has 0 aromatic carbocycles. The zero-order chi connectivity index (χ0) is 9.02. The fourth-order valence-electron chi connectivity index (χ4n) is 0.394. The monoisotopic (exact) mass is 192 g/mol. The van der Waals surface area contributed by atoms with E-state index in [9.17, 15) is 22.4 Å². The van der Waals surface area contributed by atoms with E-state index in [1.54, 1.807) is 0 Å². The van der Waals surface area contributed by atoms with Gasteiger partial charge in [0.1, 0.15) is 6.67 Å². The van der Waals surface area contributed by atoms with E-state index >= 15 is 0 Å². The number of rotatable bonds is 4. The molecule has 1 nitrogen and oxygen atoms in total. The summed E-state index contributed by atoms with van der Waals surface area (Å²) in [5.41, 5.74) is 0. The topological polar surface area (TPSA) is 17.1 Å². The zero-order valence-electron chi connectivity index (χ0n) is 5.24. The first kappa shape index (κ1) is 10.7. The Labute approximate surface area is 65.3 Å². The van der Waals surface area contributed by atoms with E-state index in [4.69, 9.17) is 0 Å². The summed E-state index contributed by atoms with van der Waals surface area (Å²) in [4.78, 5) is 9.87. The van der Waals surface area contributed by atoms with Gasteiger partial charge in [-0.3, -0.25) is 4.79 Å². The van der Waals surface area contributed by atoms with Crippen molar-refractivity contribution in [2.45, 2.75) is 18.5 Å². The van der Waals surface area contributed by atoms with Crippen LogP contribution in [0.4, 0.5) is 17.6 Å². The van der Waals surface area contributed by atoms with Gasteiger partial charge < -0.3 is 0 Å². The second kappa shape index (κ2) is 4.54. The molecule has 0 amide bonds. The molecule has 3 unspecified atom stereocenters. The van der Waals surface area contributed by atoms with Crippen LogP contribution >= 0.6 is 11.6 Å². The van der Waals surface area contributed by atoms with Gasteiger partial charge in [-0.05, 0) is 11.6 Å². The average Bonchev–Trinajstić information content (AvgIpc) is 2.00. The third-order valence-electron chi connectivity index (χ3n) is 0.989. The van der Waals surface area contributed by atoms with Crippen LogP contribution in [0.3, 0.4) is 0 Å². The highest BCUT2D eigenvalue weighted by Crippen LogP contribution is 2.14. The van der Waals surface area contributed by atoms with E-state index in [0.717, 1.165) is 0 Å². The smallest absolute Gasteiger partial charge is 0.259 e. The largest absolute Gasteiger partial charge is 0.278 e. The Morgan fingerprint density at radius 1 is 1.36 bits per heavy atom. The molecule has 6 heteroatoms. The summed E-state index contributed by atoms with van der Waals surface area (Å²) >= 11 is 4.48. The van der Waals surface area contributed by atoms with Crippen LogP contribution < -0.4 is 0 Å². The molecule has 0 spiro atoms. The molecule has 3 atom stereocenters. The minimum atomic E-state index is -2.81. The van der Waals surface area contributed by atoms with Crippen molar-refractivity contribution in [3.05, 3.63) is 0 Å². The molecular formula is C5H5ClF4O. The van der Waals surface area contributed by atoms with Gasteiger partial charge in [-0.2, -0.15) is 0 Å². The SMILES string of the molecule is O=C(Cl)C(F)C(F)C(F)CF. The number of carbonyl (C=O) groups excluding carboxylic acids is 1. The molecule has 0 aliphatic carbocycles. The Hall–Kier alpha value is -0.320. The maximum Gasteiger partial charge on any atom is 0.259 e. The third kappa shape index (κ3) is 3.05. The lowest BCUT2D eigenvalue weighted by Crippen LogP contribution is -2.33. The Kier molecular flexibility index (Phi) is 4.40. The Bertz CT molecular complexity index is 142. The molecule has 0 fully saturated rings. The molecule has 0 aromatic heterocycles. The first-order chi connectivity index (χ1) is 5.00. The molecule has 66 valence electrons. The summed E-state index contributed by atoms with van der Waals surface area (Å²) in [7, 11) is 0. The van der Waals surface area contributed by atoms with Crippen LogP contribution in [0.2, 0.25) is 0 Å². The van der Waals surface area contributed by atoms with Gasteiger partial charge in [0.15, 0.2) is 12.3 Å². The van der Waals surface area contributed by atoms with Crippen LogP contribution in [0.15, 0.2) is 0 Å². The molecule has 11 heavy (non-hydrogen) atoms. The predicted molar refractivity (Wildman–Crippen MR) is 31.5 cm³/mol. The van der Waals surface area contributed by atoms with Crippen LogP contribution in [0.1, 0.15) is 0 Å². The lowest BCUT2D eigenvalue weighted by Gasteiger charge is -2.10. The van der Waals surface area contributed by atoms with E-state index in [1.165, 1.54) is 0 Å². The molecule has 0 bridgehead atoms. The molecule has 0 saturated heterocycles. The first-order valence-corrected chi connectivity index (χ1v) is 3.06. The van der Waals surface area contributed by atoms with Crippen LogP contribution in [0.5, 0.6) is 0 Å². The Morgan fingerprint density at radius 2 is 1.82 bits per heavy atom. The molecule has 0 saturated carbocycles. The fraction of sp³-hybridized carbons (Fsp3) is 0.800. The van der Waals surface area contributed by atoms with Gasteiger partial charge in [0.05, 0.1) is 0 Å². The minimum Gasteiger partial charge on any atom is -0.278 e. The number of hydrogen-bond donors (Lipinski definition) is 0. The average molecular weight is 193 g/mol. The van der Waals surface area contributed by atoms with Gasteiger partial charge in [-0.1, -0.05) is 0 Å². The predicted octanol–water partition coefficient (Wildman–Crippen LogP) is 1.74. The van der Waals surface area contributed by atoms with Crippen LogP contribution in [-0.2, 0) is 4.79 Å². The summed E-state index contributed by atoms with van der Waals surface area (Å²) in [6, 6.07) is 0. The summed E-state index contributed by atoms with van der Waals surface area (Å²) in [5.74, 6) is 0. The standard InChI is InChI=1S/C5H5ClF4O/c6-5(11)4(10)3(9)2(8)1-7/h2-4H,1H2. The highest BCUT2D eigenvalue weighted by molar-refractivity contribution is 6.64. The summed E-state index contributed by atoms with van der Waals surface area (Å²) in [6.45, 7) is -1.67. The number of halogens is 5. The van der Waals surface area contributed by atoms with E-state index in [0.29, 0.717) is 0 Å². The van der Waals surface area contributed by atoms with Gasteiger partial charge in [-0.15, -0.1) is 0 Å². The molecule has 0 heterocycles. The van der Waals surface area contributed by atoms with Gasteiger partial charge in [-0.25, -0.2) is 17.6 Å². The van der Waals surface area contributed by atoms with Crippen LogP contribution in [0, 0.1) is 0 Å². The van der Waals surface area contributed by atoms with E-state index < -0.39 is 30.4 Å². The van der Waals surface area contributed by atoms with Crippen molar-refractivity contribution >= 4 is 16.8 Å². The van der Waals surface area contributed by atoms with Crippen molar-refractivity contribution in [2.75, 3.05) is 6.67 Å². The van der Waals surface area contributed by atoms with Crippen LogP contribution in [0.25, 0.3) is 0 Å². The normalized spacial score (nSPS) is 19.0. The van der Waals surface area contributed by atoms with Crippen molar-refractivity contribution in [3.8, 4) is 0 Å². The van der Waals surface area contributed by atoms with Crippen molar-refractivity contribution in [3.63, 3.8) is 0 Å². The second-order valence-corrected chi connectivity index (χ2v) is 2.19. The Balaban J connectivity index is 4.00. The maximum atomic E-state index is 12.1. The molecule has 0 radical (unpaired) electrons. The van der Waals surface area contributed by atoms with Crippen molar-refractivity contribution in [1.82, 2.24) is 0 Å². The quantitative estimate of drug-likeness (QED) is 0.490. The van der Waals surface area contributed by atoms with Gasteiger partial charge in [0.25, 0.3) is 5.24 Å². The fourth-order valence-corrected chi connectivity index (χ4v) is 0.514. The lowest BCUT2D eigenvalue weighted by molar-refractivity contribution is -0.119. The number of carbonyl (C=O) groups is 1. The molecule has 0 aromatic rings. The summed E-state index contributed by atoms with van der Waals surface area (Å²) in [5, 5.41) is -1.66. The molecule has 0 aliphatic rings. The summed E-state index contributed by atoms with van der Waals surface area (Å²) in [6.07, 6.45) is -8.24. The lowest BCUT2D eigenvalue weighted by atomic mass is 10.2. The summed E-state index contributed by atoms with van der Waals surface area (Å²) < 4.78 is 47.5. The van der Waals surface area contributed by atoms with Crippen molar-refractivity contribution < 1.29 is 22.4 Å². The van der Waals surface area contributed by atoms with Crippen molar-refractivity contribution in [2.24, 2.45) is 0 Å². The van der Waals surface area contributed by atoms with E-state index in [-0.39, 0.29) is 0 Å².